The van der Waals surface area contributed by atoms with Crippen LogP contribution in [0.5, 0.6) is 0 Å². The zero-order chi connectivity index (χ0) is 21.8. The quantitative estimate of drug-likeness (QED) is 0.425. The minimum Gasteiger partial charge on any atom is -0.465 e. The van der Waals surface area contributed by atoms with E-state index < -0.39 is 0 Å². The molecule has 31 heavy (non-hydrogen) atoms. The Hall–Kier alpha value is -4.00. The number of pyridine rings is 1. The third-order valence-electron chi connectivity index (χ3n) is 4.89. The Morgan fingerprint density at radius 3 is 2.39 bits per heavy atom. The van der Waals surface area contributed by atoms with Crippen LogP contribution in [0.25, 0.3) is 11.1 Å². The first-order valence-corrected chi connectivity index (χ1v) is 9.70. The van der Waals surface area contributed by atoms with Gasteiger partial charge in [-0.3, -0.25) is 4.68 Å². The molecule has 0 aliphatic carbocycles. The maximum atomic E-state index is 13.3. The number of ether oxygens (including phenoxy) is 1. The molecule has 0 aliphatic rings. The van der Waals surface area contributed by atoms with Crippen LogP contribution >= 0.6 is 0 Å². The number of rotatable bonds is 6. The van der Waals surface area contributed by atoms with Crippen LogP contribution in [-0.4, -0.2) is 27.8 Å². The number of aromatic nitrogens is 3. The third kappa shape index (κ3) is 4.61. The molecule has 0 unspecified atom stereocenters. The summed E-state index contributed by atoms with van der Waals surface area (Å²) in [4.78, 5) is 18.2. The molecule has 0 saturated carbocycles. The van der Waals surface area contributed by atoms with Gasteiger partial charge in [-0.2, -0.15) is 5.10 Å². The Labute approximate surface area is 179 Å². The standard InChI is InChI=1S/C24H21FN4O2/c1-28-14-12-22(27-28)29(16-17-3-5-19(6-4-17)24(30)31-2)23-15-20(11-13-26-23)18-7-9-21(25)10-8-18/h3-15H,16H2,1-2H3. The summed E-state index contributed by atoms with van der Waals surface area (Å²) in [7, 11) is 3.22. The molecule has 0 saturated heterocycles. The first-order valence-electron chi connectivity index (χ1n) is 9.70. The van der Waals surface area contributed by atoms with Gasteiger partial charge in [0, 0.05) is 25.5 Å². The molecule has 0 amide bonds. The van der Waals surface area contributed by atoms with Gasteiger partial charge in [0.25, 0.3) is 0 Å². The van der Waals surface area contributed by atoms with Crippen molar-refractivity contribution in [2.24, 2.45) is 7.05 Å². The van der Waals surface area contributed by atoms with Crippen molar-refractivity contribution in [1.82, 2.24) is 14.8 Å². The van der Waals surface area contributed by atoms with Crippen molar-refractivity contribution < 1.29 is 13.9 Å². The van der Waals surface area contributed by atoms with E-state index in [4.69, 9.17) is 4.74 Å². The highest BCUT2D eigenvalue weighted by Crippen LogP contribution is 2.28. The van der Waals surface area contributed by atoms with Crippen LogP contribution < -0.4 is 4.90 Å². The highest BCUT2D eigenvalue weighted by Gasteiger charge is 2.16. The molecule has 6 nitrogen and oxygen atoms in total. The molecular formula is C24H21FN4O2. The molecule has 0 atom stereocenters. The highest BCUT2D eigenvalue weighted by atomic mass is 19.1. The van der Waals surface area contributed by atoms with Crippen LogP contribution in [0.2, 0.25) is 0 Å². The topological polar surface area (TPSA) is 60.2 Å². The molecule has 2 aromatic heterocycles. The molecule has 156 valence electrons. The number of hydrogen-bond donors (Lipinski definition) is 0. The molecule has 0 fully saturated rings. The van der Waals surface area contributed by atoms with Crippen molar-refractivity contribution in [3.63, 3.8) is 0 Å². The summed E-state index contributed by atoms with van der Waals surface area (Å²) < 4.78 is 19.8. The number of methoxy groups -OCH3 is 1. The number of halogens is 1. The van der Waals surface area contributed by atoms with E-state index in [1.807, 2.05) is 48.5 Å². The monoisotopic (exact) mass is 416 g/mol. The highest BCUT2D eigenvalue weighted by molar-refractivity contribution is 5.89. The van der Waals surface area contributed by atoms with Gasteiger partial charge in [0.05, 0.1) is 19.2 Å². The lowest BCUT2D eigenvalue weighted by atomic mass is 10.1. The van der Waals surface area contributed by atoms with Crippen molar-refractivity contribution >= 4 is 17.6 Å². The van der Waals surface area contributed by atoms with Crippen LogP contribution in [0.4, 0.5) is 16.0 Å². The molecular weight excluding hydrogens is 395 g/mol. The SMILES string of the molecule is COC(=O)c1ccc(CN(c2cc(-c3ccc(F)cc3)ccn2)c2ccn(C)n2)cc1. The summed E-state index contributed by atoms with van der Waals surface area (Å²) in [6.45, 7) is 0.498. The van der Waals surface area contributed by atoms with E-state index in [0.29, 0.717) is 17.9 Å². The lowest BCUT2D eigenvalue weighted by Crippen LogP contribution is -2.18. The van der Waals surface area contributed by atoms with E-state index in [2.05, 4.69) is 10.1 Å². The second kappa shape index (κ2) is 8.79. The van der Waals surface area contributed by atoms with Crippen LogP contribution in [0, 0.1) is 5.82 Å². The van der Waals surface area contributed by atoms with Crippen LogP contribution in [0.3, 0.4) is 0 Å². The third-order valence-corrected chi connectivity index (χ3v) is 4.89. The van der Waals surface area contributed by atoms with E-state index in [1.54, 1.807) is 35.1 Å². The first-order chi connectivity index (χ1) is 15.0. The van der Waals surface area contributed by atoms with Gasteiger partial charge in [-0.15, -0.1) is 0 Å². The lowest BCUT2D eigenvalue weighted by molar-refractivity contribution is 0.0600. The Morgan fingerprint density at radius 1 is 1.00 bits per heavy atom. The smallest absolute Gasteiger partial charge is 0.337 e. The number of anilines is 2. The zero-order valence-corrected chi connectivity index (χ0v) is 17.2. The minimum absolute atomic E-state index is 0.274. The normalized spacial score (nSPS) is 10.7. The Bertz CT molecular complexity index is 1190. The predicted octanol–water partition coefficient (Wildman–Crippen LogP) is 4.75. The van der Waals surface area contributed by atoms with Crippen molar-refractivity contribution in [2.75, 3.05) is 12.0 Å². The number of benzene rings is 2. The minimum atomic E-state index is -0.373. The summed E-state index contributed by atoms with van der Waals surface area (Å²) in [5.74, 6) is 0.797. The van der Waals surface area contributed by atoms with E-state index >= 15 is 0 Å². The Kier molecular flexibility index (Phi) is 5.75. The van der Waals surface area contributed by atoms with Gasteiger partial charge >= 0.3 is 5.97 Å². The van der Waals surface area contributed by atoms with E-state index in [1.165, 1.54) is 19.2 Å². The van der Waals surface area contributed by atoms with Gasteiger partial charge in [0.1, 0.15) is 11.6 Å². The molecule has 2 aromatic carbocycles. The molecule has 4 rings (SSSR count). The van der Waals surface area contributed by atoms with Gasteiger partial charge < -0.3 is 9.64 Å². The van der Waals surface area contributed by atoms with Crippen LogP contribution in [0.15, 0.2) is 79.1 Å². The number of carbonyl (C=O) groups excluding carboxylic acids is 1. The van der Waals surface area contributed by atoms with Gasteiger partial charge in [0.2, 0.25) is 0 Å². The summed E-state index contributed by atoms with van der Waals surface area (Å²) in [5, 5.41) is 4.54. The summed E-state index contributed by atoms with van der Waals surface area (Å²) in [5.41, 5.74) is 3.29. The second-order valence-electron chi connectivity index (χ2n) is 7.03. The summed E-state index contributed by atoms with van der Waals surface area (Å²) in [6.07, 6.45) is 3.59. The van der Waals surface area contributed by atoms with Crippen molar-refractivity contribution in [1.29, 1.82) is 0 Å². The van der Waals surface area contributed by atoms with Gasteiger partial charge in [-0.25, -0.2) is 14.2 Å². The molecule has 7 heteroatoms. The number of carbonyl (C=O) groups is 1. The van der Waals surface area contributed by atoms with Gasteiger partial charge in [-0.05, 0) is 53.1 Å². The fourth-order valence-electron chi connectivity index (χ4n) is 3.26. The average molecular weight is 416 g/mol. The Balaban J connectivity index is 1.68. The van der Waals surface area contributed by atoms with Crippen molar-refractivity contribution in [3.05, 3.63) is 96.1 Å². The molecule has 0 aliphatic heterocycles. The number of esters is 1. The molecule has 0 bridgehead atoms. The second-order valence-corrected chi connectivity index (χ2v) is 7.03. The molecule has 0 radical (unpaired) electrons. The maximum Gasteiger partial charge on any atom is 0.337 e. The number of aryl methyl sites for hydroxylation is 1. The molecule has 2 heterocycles. The van der Waals surface area contributed by atoms with E-state index in [-0.39, 0.29) is 11.8 Å². The van der Waals surface area contributed by atoms with Crippen LogP contribution in [-0.2, 0) is 18.3 Å². The van der Waals surface area contributed by atoms with Crippen molar-refractivity contribution in [2.45, 2.75) is 6.54 Å². The largest absolute Gasteiger partial charge is 0.465 e. The fraction of sp³-hybridized carbons (Fsp3) is 0.125. The predicted molar refractivity (Wildman–Crippen MR) is 116 cm³/mol. The number of nitrogens with zero attached hydrogens (tertiary/aromatic N) is 4. The van der Waals surface area contributed by atoms with Crippen LogP contribution in [0.1, 0.15) is 15.9 Å². The van der Waals surface area contributed by atoms with Gasteiger partial charge in [0.15, 0.2) is 5.82 Å². The lowest BCUT2D eigenvalue weighted by Gasteiger charge is -2.22. The van der Waals surface area contributed by atoms with Crippen molar-refractivity contribution in [3.8, 4) is 11.1 Å². The molecule has 0 spiro atoms. The molecule has 4 aromatic rings. The van der Waals surface area contributed by atoms with Gasteiger partial charge in [-0.1, -0.05) is 24.3 Å². The van der Waals surface area contributed by atoms with E-state index in [0.717, 1.165) is 22.5 Å². The Morgan fingerprint density at radius 2 is 1.74 bits per heavy atom. The molecule has 0 N–H and O–H groups in total. The fourth-order valence-corrected chi connectivity index (χ4v) is 3.26. The summed E-state index contributed by atoms with van der Waals surface area (Å²) >= 11 is 0. The number of hydrogen-bond acceptors (Lipinski definition) is 5. The zero-order valence-electron chi connectivity index (χ0n) is 17.2. The summed E-state index contributed by atoms with van der Waals surface area (Å²) in [6, 6.07) is 19.3. The average Bonchev–Trinajstić information content (AvgIpc) is 3.24. The first kappa shape index (κ1) is 20.3. The maximum absolute atomic E-state index is 13.3. The van der Waals surface area contributed by atoms with E-state index in [9.17, 15) is 9.18 Å².